The molecule has 0 saturated heterocycles. The molecule has 3 rings (SSSR count). The van der Waals surface area contributed by atoms with Gasteiger partial charge in [-0.15, -0.1) is 0 Å². The van der Waals surface area contributed by atoms with Crippen molar-refractivity contribution in [2.45, 2.75) is 0 Å². The Balaban J connectivity index is 1.98. The van der Waals surface area contributed by atoms with Gasteiger partial charge in [0.1, 0.15) is 0 Å². The highest BCUT2D eigenvalue weighted by Gasteiger charge is 2.20. The molecule has 0 aromatic heterocycles. The molecule has 1 amide bonds. The molecule has 6 heteroatoms. The molecule has 0 aliphatic heterocycles. The standard InChI is InChI=1S/C21H15NO5/c23-19(16-11-10-14(20(24)25)12-17(16)21(26)27)22-18-9-5-4-8-15(18)13-6-2-1-3-7-13/h1-12H,(H,22,23)(H,24,25)(H,26,27). The van der Waals surface area contributed by atoms with Gasteiger partial charge in [0.2, 0.25) is 0 Å². The molecule has 3 aromatic carbocycles. The van der Waals surface area contributed by atoms with Crippen molar-refractivity contribution in [3.63, 3.8) is 0 Å². The van der Waals surface area contributed by atoms with Crippen molar-refractivity contribution in [1.82, 2.24) is 0 Å². The van der Waals surface area contributed by atoms with Gasteiger partial charge >= 0.3 is 11.9 Å². The van der Waals surface area contributed by atoms with Crippen LogP contribution in [-0.2, 0) is 0 Å². The van der Waals surface area contributed by atoms with E-state index >= 15 is 0 Å². The van der Waals surface area contributed by atoms with E-state index in [9.17, 15) is 19.5 Å². The molecule has 0 atom stereocenters. The number of carboxylic acids is 2. The van der Waals surface area contributed by atoms with Crippen LogP contribution in [0, 0.1) is 0 Å². The highest BCUT2D eigenvalue weighted by atomic mass is 16.4. The third-order valence-electron chi connectivity index (χ3n) is 4.00. The van der Waals surface area contributed by atoms with Crippen LogP contribution in [0.4, 0.5) is 5.69 Å². The van der Waals surface area contributed by atoms with Gasteiger partial charge in [-0.25, -0.2) is 9.59 Å². The molecular formula is C21H15NO5. The first kappa shape index (κ1) is 17.9. The quantitative estimate of drug-likeness (QED) is 0.637. The second-order valence-corrected chi connectivity index (χ2v) is 5.74. The van der Waals surface area contributed by atoms with Crippen molar-refractivity contribution in [3.8, 4) is 11.1 Å². The van der Waals surface area contributed by atoms with Gasteiger partial charge < -0.3 is 15.5 Å². The maximum absolute atomic E-state index is 12.7. The molecule has 0 spiro atoms. The van der Waals surface area contributed by atoms with E-state index in [4.69, 9.17) is 5.11 Å². The van der Waals surface area contributed by atoms with Crippen LogP contribution in [0.25, 0.3) is 11.1 Å². The van der Waals surface area contributed by atoms with Gasteiger partial charge in [-0.3, -0.25) is 4.79 Å². The molecule has 27 heavy (non-hydrogen) atoms. The Morgan fingerprint density at radius 1 is 0.704 bits per heavy atom. The number of benzene rings is 3. The first-order valence-electron chi connectivity index (χ1n) is 8.04. The number of aromatic carboxylic acids is 2. The lowest BCUT2D eigenvalue weighted by atomic mass is 10.0. The molecule has 0 radical (unpaired) electrons. The summed E-state index contributed by atoms with van der Waals surface area (Å²) in [5.74, 6) is -3.27. The minimum Gasteiger partial charge on any atom is -0.478 e. The Morgan fingerprint density at radius 3 is 2.04 bits per heavy atom. The number of hydrogen-bond donors (Lipinski definition) is 3. The summed E-state index contributed by atoms with van der Waals surface area (Å²) in [7, 11) is 0. The topological polar surface area (TPSA) is 104 Å². The fourth-order valence-electron chi connectivity index (χ4n) is 2.70. The van der Waals surface area contributed by atoms with Crippen LogP contribution < -0.4 is 5.32 Å². The van der Waals surface area contributed by atoms with E-state index in [0.29, 0.717) is 5.69 Å². The molecule has 0 fully saturated rings. The number of para-hydroxylation sites is 1. The molecular weight excluding hydrogens is 346 g/mol. The zero-order valence-electron chi connectivity index (χ0n) is 14.0. The van der Waals surface area contributed by atoms with E-state index < -0.39 is 17.8 Å². The van der Waals surface area contributed by atoms with Crippen molar-refractivity contribution < 1.29 is 24.6 Å². The molecule has 0 aliphatic carbocycles. The summed E-state index contributed by atoms with van der Waals surface area (Å²) < 4.78 is 0. The lowest BCUT2D eigenvalue weighted by molar-refractivity contribution is 0.0692. The van der Waals surface area contributed by atoms with Crippen molar-refractivity contribution >= 4 is 23.5 Å². The number of amides is 1. The summed E-state index contributed by atoms with van der Waals surface area (Å²) in [6, 6.07) is 20.0. The normalized spacial score (nSPS) is 10.2. The van der Waals surface area contributed by atoms with E-state index in [-0.39, 0.29) is 16.7 Å². The Bertz CT molecular complexity index is 1030. The molecule has 0 bridgehead atoms. The number of carbonyl (C=O) groups excluding carboxylic acids is 1. The summed E-state index contributed by atoms with van der Waals surface area (Å²) in [6.07, 6.45) is 0. The molecule has 0 unspecified atom stereocenters. The summed E-state index contributed by atoms with van der Waals surface area (Å²) in [6.45, 7) is 0. The van der Waals surface area contributed by atoms with Gasteiger partial charge in [-0.05, 0) is 29.8 Å². The molecule has 0 aliphatic rings. The molecule has 134 valence electrons. The van der Waals surface area contributed by atoms with E-state index in [1.165, 1.54) is 12.1 Å². The summed E-state index contributed by atoms with van der Waals surface area (Å²) in [4.78, 5) is 35.2. The van der Waals surface area contributed by atoms with Gasteiger partial charge in [0, 0.05) is 11.3 Å². The first-order valence-corrected chi connectivity index (χ1v) is 8.04. The number of carboxylic acid groups (broad SMARTS) is 2. The Labute approximate surface area is 154 Å². The number of rotatable bonds is 5. The second-order valence-electron chi connectivity index (χ2n) is 5.74. The van der Waals surface area contributed by atoms with Crippen LogP contribution in [0.5, 0.6) is 0 Å². The Hall–Kier alpha value is -3.93. The molecule has 6 nitrogen and oxygen atoms in total. The van der Waals surface area contributed by atoms with E-state index in [1.807, 2.05) is 42.5 Å². The number of carbonyl (C=O) groups is 3. The molecule has 0 saturated carbocycles. The Morgan fingerprint density at radius 2 is 1.37 bits per heavy atom. The second kappa shape index (κ2) is 7.53. The predicted octanol–water partition coefficient (Wildman–Crippen LogP) is 4.00. The summed E-state index contributed by atoms with van der Waals surface area (Å²) >= 11 is 0. The number of nitrogens with one attached hydrogen (secondary N) is 1. The van der Waals surface area contributed by atoms with E-state index in [2.05, 4.69) is 5.32 Å². The minimum atomic E-state index is -1.38. The van der Waals surface area contributed by atoms with E-state index in [0.717, 1.165) is 17.2 Å². The van der Waals surface area contributed by atoms with Crippen molar-refractivity contribution in [3.05, 3.63) is 89.5 Å². The third kappa shape index (κ3) is 3.85. The lowest BCUT2D eigenvalue weighted by Gasteiger charge is -2.13. The Kier molecular flexibility index (Phi) is 4.99. The fraction of sp³-hybridized carbons (Fsp3) is 0. The highest BCUT2D eigenvalue weighted by Crippen LogP contribution is 2.28. The highest BCUT2D eigenvalue weighted by molar-refractivity contribution is 6.12. The number of hydrogen-bond acceptors (Lipinski definition) is 3. The minimum absolute atomic E-state index is 0.115. The van der Waals surface area contributed by atoms with Crippen LogP contribution in [0.3, 0.4) is 0 Å². The average Bonchev–Trinajstić information content (AvgIpc) is 2.68. The smallest absolute Gasteiger partial charge is 0.336 e. The van der Waals surface area contributed by atoms with E-state index in [1.54, 1.807) is 12.1 Å². The average molecular weight is 361 g/mol. The zero-order valence-corrected chi connectivity index (χ0v) is 14.0. The SMILES string of the molecule is O=C(O)c1ccc(C(=O)Nc2ccccc2-c2ccccc2)c(C(=O)O)c1. The fourth-order valence-corrected chi connectivity index (χ4v) is 2.70. The predicted molar refractivity (Wildman–Crippen MR) is 100 cm³/mol. The maximum Gasteiger partial charge on any atom is 0.336 e. The number of anilines is 1. The van der Waals surface area contributed by atoms with Crippen molar-refractivity contribution in [2.75, 3.05) is 5.32 Å². The van der Waals surface area contributed by atoms with Gasteiger partial charge in [-0.1, -0.05) is 48.5 Å². The van der Waals surface area contributed by atoms with Crippen LogP contribution in [0.2, 0.25) is 0 Å². The largest absolute Gasteiger partial charge is 0.478 e. The monoisotopic (exact) mass is 361 g/mol. The van der Waals surface area contributed by atoms with Crippen molar-refractivity contribution in [1.29, 1.82) is 0 Å². The van der Waals surface area contributed by atoms with Crippen molar-refractivity contribution in [2.24, 2.45) is 0 Å². The summed E-state index contributed by atoms with van der Waals surface area (Å²) in [5, 5.41) is 21.1. The van der Waals surface area contributed by atoms with Gasteiger partial charge in [0.15, 0.2) is 0 Å². The van der Waals surface area contributed by atoms with Gasteiger partial charge in [-0.2, -0.15) is 0 Å². The molecule has 3 aromatic rings. The van der Waals surface area contributed by atoms with Crippen LogP contribution in [0.15, 0.2) is 72.8 Å². The van der Waals surface area contributed by atoms with Crippen LogP contribution in [-0.4, -0.2) is 28.1 Å². The zero-order chi connectivity index (χ0) is 19.4. The lowest BCUT2D eigenvalue weighted by Crippen LogP contribution is -2.17. The van der Waals surface area contributed by atoms with Crippen LogP contribution in [0.1, 0.15) is 31.1 Å². The maximum atomic E-state index is 12.7. The van der Waals surface area contributed by atoms with Gasteiger partial charge in [0.05, 0.1) is 16.7 Å². The molecule has 3 N–H and O–H groups in total. The van der Waals surface area contributed by atoms with Gasteiger partial charge in [0.25, 0.3) is 5.91 Å². The summed E-state index contributed by atoms with van der Waals surface area (Å²) in [5.41, 5.74) is 1.51. The third-order valence-corrected chi connectivity index (χ3v) is 4.00. The first-order chi connectivity index (χ1) is 13.0. The molecule has 0 heterocycles. The van der Waals surface area contributed by atoms with Crippen LogP contribution >= 0.6 is 0 Å².